The Morgan fingerprint density at radius 2 is 2.56 bits per heavy atom. The summed E-state index contributed by atoms with van der Waals surface area (Å²) in [5.74, 6) is 0. The molecule has 2 rings (SSSR count). The average Bonchev–Trinajstić information content (AvgIpc) is 2.33. The van der Waals surface area contributed by atoms with Gasteiger partial charge in [0.15, 0.2) is 17.6 Å². The summed E-state index contributed by atoms with van der Waals surface area (Å²) in [6, 6.07) is 3.46. The first kappa shape index (κ1) is 4.49. The Morgan fingerprint density at radius 3 is 3.44 bits per heavy atom. The van der Waals surface area contributed by atoms with E-state index in [4.69, 9.17) is 4.42 Å². The summed E-state index contributed by atoms with van der Waals surface area (Å²) in [5, 5.41) is 0. The lowest BCUT2D eigenvalue weighted by atomic mass is 10.5. The Bertz CT molecular complexity index is 285. The van der Waals surface area contributed by atoms with Crippen molar-refractivity contribution >= 4 is 11.2 Å². The first-order valence-electron chi connectivity index (χ1n) is 2.53. The van der Waals surface area contributed by atoms with Crippen molar-refractivity contribution in [2.75, 3.05) is 0 Å². The van der Waals surface area contributed by atoms with Gasteiger partial charge in [-0.1, -0.05) is 0 Å². The molecule has 3 heteroatoms. The predicted molar refractivity (Wildman–Crippen MR) is 30.6 cm³/mol. The van der Waals surface area contributed by atoms with Crippen LogP contribution in [0.2, 0.25) is 0 Å². The van der Waals surface area contributed by atoms with Gasteiger partial charge < -0.3 is 4.42 Å². The SMILES string of the molecule is [c]1ccc2ocnc2n1. The van der Waals surface area contributed by atoms with Gasteiger partial charge in [-0.3, -0.25) is 0 Å². The Balaban J connectivity index is 2.95. The zero-order valence-corrected chi connectivity index (χ0v) is 4.53. The molecular weight excluding hydrogens is 116 g/mol. The highest BCUT2D eigenvalue weighted by Gasteiger charge is 1.93. The third-order valence-corrected chi connectivity index (χ3v) is 1.05. The Labute approximate surface area is 51.3 Å². The highest BCUT2D eigenvalue weighted by atomic mass is 16.3. The van der Waals surface area contributed by atoms with Crippen molar-refractivity contribution in [3.05, 3.63) is 24.7 Å². The number of pyridine rings is 1. The maximum absolute atomic E-state index is 4.92. The van der Waals surface area contributed by atoms with E-state index in [1.165, 1.54) is 6.39 Å². The number of fused-ring (bicyclic) bond motifs is 1. The molecule has 0 aliphatic heterocycles. The predicted octanol–water partition coefficient (Wildman–Crippen LogP) is 1.02. The van der Waals surface area contributed by atoms with E-state index in [0.29, 0.717) is 11.2 Å². The maximum atomic E-state index is 4.92. The number of rotatable bonds is 0. The molecule has 0 aliphatic rings. The molecule has 0 bridgehead atoms. The molecule has 43 valence electrons. The summed E-state index contributed by atoms with van der Waals surface area (Å²) in [6.45, 7) is 0. The van der Waals surface area contributed by atoms with E-state index in [1.807, 2.05) is 0 Å². The molecule has 0 saturated heterocycles. The van der Waals surface area contributed by atoms with Crippen LogP contribution in [-0.4, -0.2) is 9.97 Å². The summed E-state index contributed by atoms with van der Waals surface area (Å²) < 4.78 is 4.92. The summed E-state index contributed by atoms with van der Waals surface area (Å²) >= 11 is 0. The van der Waals surface area contributed by atoms with Crippen LogP contribution in [0.4, 0.5) is 0 Å². The molecule has 1 radical (unpaired) electrons. The van der Waals surface area contributed by atoms with Crippen LogP contribution in [0.3, 0.4) is 0 Å². The van der Waals surface area contributed by atoms with Gasteiger partial charge in [-0.25, -0.2) is 4.98 Å². The number of hydrogen-bond donors (Lipinski definition) is 0. The molecule has 0 fully saturated rings. The van der Waals surface area contributed by atoms with E-state index in [0.717, 1.165) is 0 Å². The van der Waals surface area contributed by atoms with Crippen molar-refractivity contribution in [1.29, 1.82) is 0 Å². The molecular formula is C6H3N2O. The highest BCUT2D eigenvalue weighted by Crippen LogP contribution is 2.05. The van der Waals surface area contributed by atoms with E-state index in [1.54, 1.807) is 12.1 Å². The quantitative estimate of drug-likeness (QED) is 0.519. The number of hydrogen-bond acceptors (Lipinski definition) is 3. The van der Waals surface area contributed by atoms with Crippen LogP contribution < -0.4 is 0 Å². The van der Waals surface area contributed by atoms with Crippen molar-refractivity contribution in [1.82, 2.24) is 9.97 Å². The monoisotopic (exact) mass is 119 g/mol. The van der Waals surface area contributed by atoms with Gasteiger partial charge in [0.25, 0.3) is 0 Å². The van der Waals surface area contributed by atoms with Crippen LogP contribution >= 0.6 is 0 Å². The van der Waals surface area contributed by atoms with E-state index in [9.17, 15) is 0 Å². The van der Waals surface area contributed by atoms with Crippen molar-refractivity contribution in [3.8, 4) is 0 Å². The zero-order chi connectivity index (χ0) is 6.10. The first-order valence-corrected chi connectivity index (χ1v) is 2.53. The molecule has 2 aromatic heterocycles. The average molecular weight is 119 g/mol. The van der Waals surface area contributed by atoms with Gasteiger partial charge in [-0.2, -0.15) is 4.98 Å². The summed E-state index contributed by atoms with van der Waals surface area (Å²) in [7, 11) is 0. The zero-order valence-electron chi connectivity index (χ0n) is 4.53. The lowest BCUT2D eigenvalue weighted by Crippen LogP contribution is -1.71. The van der Waals surface area contributed by atoms with Gasteiger partial charge >= 0.3 is 0 Å². The standard InChI is InChI=1S/C6H3N2O/c1-2-5-6(7-3-1)8-4-9-5/h1-2,4H. The second-order valence-electron chi connectivity index (χ2n) is 1.61. The summed E-state index contributed by atoms with van der Waals surface area (Å²) in [5.41, 5.74) is 1.31. The normalized spacial score (nSPS) is 10.2. The number of nitrogens with zero attached hydrogens (tertiary/aromatic N) is 2. The van der Waals surface area contributed by atoms with Gasteiger partial charge in [0.05, 0.1) is 6.20 Å². The van der Waals surface area contributed by atoms with E-state index in [2.05, 4.69) is 16.2 Å². The van der Waals surface area contributed by atoms with E-state index < -0.39 is 0 Å². The van der Waals surface area contributed by atoms with Crippen LogP contribution in [0.15, 0.2) is 22.9 Å². The lowest BCUT2D eigenvalue weighted by molar-refractivity contribution is 0.602. The highest BCUT2D eigenvalue weighted by molar-refractivity contribution is 5.65. The van der Waals surface area contributed by atoms with Crippen molar-refractivity contribution in [2.24, 2.45) is 0 Å². The van der Waals surface area contributed by atoms with Gasteiger partial charge in [0, 0.05) is 0 Å². The van der Waals surface area contributed by atoms with Gasteiger partial charge in [-0.05, 0) is 12.1 Å². The lowest BCUT2D eigenvalue weighted by Gasteiger charge is -1.78. The third kappa shape index (κ3) is 0.579. The van der Waals surface area contributed by atoms with Gasteiger partial charge in [0.2, 0.25) is 0 Å². The first-order chi connectivity index (χ1) is 4.47. The second-order valence-corrected chi connectivity index (χ2v) is 1.61. The van der Waals surface area contributed by atoms with Crippen LogP contribution in [0, 0.1) is 6.20 Å². The van der Waals surface area contributed by atoms with Crippen molar-refractivity contribution in [2.45, 2.75) is 0 Å². The molecule has 3 nitrogen and oxygen atoms in total. The molecule has 0 aromatic carbocycles. The smallest absolute Gasteiger partial charge is 0.199 e. The third-order valence-electron chi connectivity index (χ3n) is 1.05. The molecule has 0 amide bonds. The Hall–Kier alpha value is -1.38. The van der Waals surface area contributed by atoms with Crippen LogP contribution in [-0.2, 0) is 0 Å². The molecule has 0 atom stereocenters. The van der Waals surface area contributed by atoms with E-state index in [-0.39, 0.29) is 0 Å². The molecule has 2 heterocycles. The molecule has 0 N–H and O–H groups in total. The Morgan fingerprint density at radius 1 is 1.56 bits per heavy atom. The minimum atomic E-state index is 0.609. The fraction of sp³-hybridized carbons (Fsp3) is 0. The van der Waals surface area contributed by atoms with Crippen molar-refractivity contribution < 1.29 is 4.42 Å². The number of oxazole rings is 1. The molecule has 0 spiro atoms. The summed E-state index contributed by atoms with van der Waals surface area (Å²) in [6.07, 6.45) is 4.02. The molecule has 9 heavy (non-hydrogen) atoms. The topological polar surface area (TPSA) is 38.9 Å². The molecule has 0 saturated carbocycles. The Kier molecular flexibility index (Phi) is 0.773. The summed E-state index contributed by atoms with van der Waals surface area (Å²) in [4.78, 5) is 7.62. The van der Waals surface area contributed by atoms with Crippen molar-refractivity contribution in [3.63, 3.8) is 0 Å². The van der Waals surface area contributed by atoms with Gasteiger partial charge in [0.1, 0.15) is 0 Å². The number of aromatic nitrogens is 2. The minimum absolute atomic E-state index is 0.609. The fourth-order valence-corrected chi connectivity index (χ4v) is 0.659. The second kappa shape index (κ2) is 1.55. The van der Waals surface area contributed by atoms with Crippen LogP contribution in [0.5, 0.6) is 0 Å². The van der Waals surface area contributed by atoms with Crippen LogP contribution in [0.1, 0.15) is 0 Å². The maximum Gasteiger partial charge on any atom is 0.199 e. The molecule has 0 unspecified atom stereocenters. The van der Waals surface area contributed by atoms with E-state index >= 15 is 0 Å². The minimum Gasteiger partial charge on any atom is -0.442 e. The largest absolute Gasteiger partial charge is 0.442 e. The molecule has 0 aliphatic carbocycles. The molecule has 2 aromatic rings. The fourth-order valence-electron chi connectivity index (χ4n) is 0.659. The van der Waals surface area contributed by atoms with Crippen LogP contribution in [0.25, 0.3) is 11.2 Å². The van der Waals surface area contributed by atoms with Gasteiger partial charge in [-0.15, -0.1) is 0 Å².